The molecule has 0 fully saturated rings. The molecule has 3 nitrogen and oxygen atoms in total. The van der Waals surface area contributed by atoms with Gasteiger partial charge in [0, 0.05) is 12.1 Å². The molecule has 0 saturated carbocycles. The van der Waals surface area contributed by atoms with E-state index in [0.29, 0.717) is 18.0 Å². The molecule has 0 radical (unpaired) electrons. The lowest BCUT2D eigenvalue weighted by Crippen LogP contribution is -2.28. The zero-order chi connectivity index (χ0) is 12.0. The topological polar surface area (TPSA) is 52.9 Å². The second-order valence-corrected chi connectivity index (χ2v) is 4.10. The Kier molecular flexibility index (Phi) is 4.53. The van der Waals surface area contributed by atoms with Crippen molar-refractivity contribution in [1.82, 2.24) is 5.32 Å². The van der Waals surface area contributed by atoms with Gasteiger partial charge in [-0.1, -0.05) is 32.0 Å². The Morgan fingerprint density at radius 2 is 2.12 bits per heavy atom. The molecule has 1 aromatic rings. The summed E-state index contributed by atoms with van der Waals surface area (Å²) in [5.41, 5.74) is 1.39. The summed E-state index contributed by atoms with van der Waals surface area (Å²) in [5.74, 6) is 0.326. The number of nitriles is 1. The number of carbonyl (C=O) groups excluding carboxylic acids is 1. The maximum Gasteiger partial charge on any atom is 0.251 e. The Labute approximate surface area is 96.1 Å². The van der Waals surface area contributed by atoms with E-state index in [2.05, 4.69) is 11.4 Å². The zero-order valence-corrected chi connectivity index (χ0v) is 9.66. The van der Waals surface area contributed by atoms with Crippen molar-refractivity contribution in [1.29, 1.82) is 5.26 Å². The lowest BCUT2D eigenvalue weighted by Gasteiger charge is -2.09. The number of nitrogens with zero attached hydrogens (tertiary/aromatic N) is 1. The van der Waals surface area contributed by atoms with Crippen LogP contribution in [0.3, 0.4) is 0 Å². The Balaban J connectivity index is 2.78. The van der Waals surface area contributed by atoms with Crippen molar-refractivity contribution >= 4 is 5.91 Å². The minimum absolute atomic E-state index is 0.0976. The summed E-state index contributed by atoms with van der Waals surface area (Å²) in [7, 11) is 0. The first-order valence-electron chi connectivity index (χ1n) is 5.38. The average Bonchev–Trinajstić information content (AvgIpc) is 2.27. The molecule has 0 aliphatic carbocycles. The Morgan fingerprint density at radius 1 is 1.44 bits per heavy atom. The highest BCUT2D eigenvalue weighted by Crippen LogP contribution is 2.09. The van der Waals surface area contributed by atoms with Gasteiger partial charge in [0.1, 0.15) is 0 Å². The maximum atomic E-state index is 11.8. The molecule has 0 heterocycles. The monoisotopic (exact) mass is 216 g/mol. The van der Waals surface area contributed by atoms with Crippen LogP contribution in [0.15, 0.2) is 24.3 Å². The first-order valence-corrected chi connectivity index (χ1v) is 5.38. The molecule has 0 unspecified atom stereocenters. The molecule has 1 rings (SSSR count). The third kappa shape index (κ3) is 3.39. The van der Waals surface area contributed by atoms with Gasteiger partial charge in [0.15, 0.2) is 0 Å². The largest absolute Gasteiger partial charge is 0.352 e. The standard InChI is InChI=1S/C13H16N2O/c1-10(2)9-15-13(16)12-6-4-3-5-11(12)7-8-14/h3-6,10H,7,9H2,1-2H3,(H,15,16). The number of benzene rings is 1. The van der Waals surface area contributed by atoms with E-state index in [1.807, 2.05) is 32.0 Å². The smallest absolute Gasteiger partial charge is 0.251 e. The van der Waals surface area contributed by atoms with Crippen LogP contribution in [0.25, 0.3) is 0 Å². The minimum atomic E-state index is -0.0976. The first kappa shape index (κ1) is 12.3. The highest BCUT2D eigenvalue weighted by atomic mass is 16.1. The van der Waals surface area contributed by atoms with Gasteiger partial charge in [-0.25, -0.2) is 0 Å². The highest BCUT2D eigenvalue weighted by molar-refractivity contribution is 5.95. The summed E-state index contributed by atoms with van der Waals surface area (Å²) in [6.07, 6.45) is 0.269. The third-order valence-electron chi connectivity index (χ3n) is 2.20. The fourth-order valence-electron chi connectivity index (χ4n) is 1.37. The van der Waals surface area contributed by atoms with Crippen LogP contribution in [0, 0.1) is 17.2 Å². The van der Waals surface area contributed by atoms with Crippen molar-refractivity contribution < 1.29 is 4.79 Å². The van der Waals surface area contributed by atoms with Crippen LogP contribution in [-0.2, 0) is 6.42 Å². The molecule has 1 N–H and O–H groups in total. The molecule has 0 bridgehead atoms. The van der Waals surface area contributed by atoms with Gasteiger partial charge in [0.2, 0.25) is 0 Å². The molecular weight excluding hydrogens is 200 g/mol. The molecule has 3 heteroatoms. The van der Waals surface area contributed by atoms with Crippen LogP contribution >= 0.6 is 0 Å². The van der Waals surface area contributed by atoms with E-state index in [1.165, 1.54) is 0 Å². The van der Waals surface area contributed by atoms with Crippen LogP contribution in [0.4, 0.5) is 0 Å². The van der Waals surface area contributed by atoms with Crippen molar-refractivity contribution in [2.75, 3.05) is 6.54 Å². The molecule has 0 spiro atoms. The Morgan fingerprint density at radius 3 is 2.75 bits per heavy atom. The predicted molar refractivity (Wildman–Crippen MR) is 62.9 cm³/mol. The van der Waals surface area contributed by atoms with Gasteiger partial charge in [-0.15, -0.1) is 0 Å². The number of carbonyl (C=O) groups is 1. The lowest BCUT2D eigenvalue weighted by atomic mass is 10.0. The summed E-state index contributed by atoms with van der Waals surface area (Å²) in [6.45, 7) is 4.74. The van der Waals surface area contributed by atoms with Gasteiger partial charge in [-0.3, -0.25) is 4.79 Å². The van der Waals surface area contributed by atoms with Crippen LogP contribution in [0.2, 0.25) is 0 Å². The minimum Gasteiger partial charge on any atom is -0.352 e. The van der Waals surface area contributed by atoms with Gasteiger partial charge in [-0.2, -0.15) is 5.26 Å². The second-order valence-electron chi connectivity index (χ2n) is 4.10. The normalized spacial score (nSPS) is 9.88. The number of rotatable bonds is 4. The third-order valence-corrected chi connectivity index (χ3v) is 2.20. The molecular formula is C13H16N2O. The van der Waals surface area contributed by atoms with Crippen molar-refractivity contribution in [3.63, 3.8) is 0 Å². The SMILES string of the molecule is CC(C)CNC(=O)c1ccccc1CC#N. The number of hydrogen-bond acceptors (Lipinski definition) is 2. The summed E-state index contributed by atoms with van der Waals surface area (Å²) >= 11 is 0. The summed E-state index contributed by atoms with van der Waals surface area (Å²) < 4.78 is 0. The molecule has 0 aliphatic rings. The number of hydrogen-bond donors (Lipinski definition) is 1. The Hall–Kier alpha value is -1.82. The quantitative estimate of drug-likeness (QED) is 0.838. The molecule has 0 aromatic heterocycles. The van der Waals surface area contributed by atoms with E-state index in [4.69, 9.17) is 5.26 Å². The van der Waals surface area contributed by atoms with E-state index >= 15 is 0 Å². The van der Waals surface area contributed by atoms with E-state index in [-0.39, 0.29) is 12.3 Å². The Bertz CT molecular complexity index is 405. The average molecular weight is 216 g/mol. The fraction of sp³-hybridized carbons (Fsp3) is 0.385. The molecule has 0 atom stereocenters. The van der Waals surface area contributed by atoms with Crippen molar-refractivity contribution in [2.24, 2.45) is 5.92 Å². The van der Waals surface area contributed by atoms with Gasteiger partial charge >= 0.3 is 0 Å². The summed E-state index contributed by atoms with van der Waals surface area (Å²) in [5, 5.41) is 11.5. The lowest BCUT2D eigenvalue weighted by molar-refractivity contribution is 0.0948. The van der Waals surface area contributed by atoms with Gasteiger partial charge in [-0.05, 0) is 17.5 Å². The fourth-order valence-corrected chi connectivity index (χ4v) is 1.37. The predicted octanol–water partition coefficient (Wildman–Crippen LogP) is 2.14. The van der Waals surface area contributed by atoms with Gasteiger partial charge < -0.3 is 5.32 Å². The second kappa shape index (κ2) is 5.92. The van der Waals surface area contributed by atoms with Gasteiger partial charge in [0.25, 0.3) is 5.91 Å². The summed E-state index contributed by atoms with van der Waals surface area (Å²) in [4.78, 5) is 11.8. The summed E-state index contributed by atoms with van der Waals surface area (Å²) in [6, 6.07) is 9.28. The zero-order valence-electron chi connectivity index (χ0n) is 9.66. The van der Waals surface area contributed by atoms with Crippen LogP contribution < -0.4 is 5.32 Å². The van der Waals surface area contributed by atoms with E-state index in [0.717, 1.165) is 5.56 Å². The first-order chi connectivity index (χ1) is 7.65. The van der Waals surface area contributed by atoms with E-state index in [9.17, 15) is 4.79 Å². The molecule has 1 aromatic carbocycles. The van der Waals surface area contributed by atoms with Crippen molar-refractivity contribution in [2.45, 2.75) is 20.3 Å². The number of nitrogens with one attached hydrogen (secondary N) is 1. The van der Waals surface area contributed by atoms with E-state index < -0.39 is 0 Å². The van der Waals surface area contributed by atoms with Gasteiger partial charge in [0.05, 0.1) is 12.5 Å². The van der Waals surface area contributed by atoms with E-state index in [1.54, 1.807) is 6.07 Å². The molecule has 0 aliphatic heterocycles. The molecule has 0 saturated heterocycles. The van der Waals surface area contributed by atoms with Crippen molar-refractivity contribution in [3.05, 3.63) is 35.4 Å². The van der Waals surface area contributed by atoms with Crippen LogP contribution in [-0.4, -0.2) is 12.5 Å². The molecule has 84 valence electrons. The highest BCUT2D eigenvalue weighted by Gasteiger charge is 2.10. The van der Waals surface area contributed by atoms with Crippen LogP contribution in [0.5, 0.6) is 0 Å². The maximum absolute atomic E-state index is 11.8. The van der Waals surface area contributed by atoms with Crippen LogP contribution in [0.1, 0.15) is 29.8 Å². The number of amides is 1. The molecule has 16 heavy (non-hydrogen) atoms. The van der Waals surface area contributed by atoms with Crippen molar-refractivity contribution in [3.8, 4) is 6.07 Å². The molecule has 1 amide bonds.